The smallest absolute Gasteiger partial charge is 0.390 e. The first-order valence-corrected chi connectivity index (χ1v) is 2.75. The molecule has 0 atom stereocenters. The highest BCUT2D eigenvalue weighted by Gasteiger charge is 2.30. The van der Waals surface area contributed by atoms with Crippen molar-refractivity contribution in [3.63, 3.8) is 0 Å². The Morgan fingerprint density at radius 2 is 2.18 bits per heavy atom. The van der Waals surface area contributed by atoms with E-state index in [4.69, 9.17) is 5.11 Å². The lowest BCUT2D eigenvalue weighted by molar-refractivity contribution is -0.204. The number of hydrogen-bond acceptors (Lipinski definition) is 2. The zero-order chi connectivity index (χ0) is 8.48. The monoisotopic (exact) mass is 166 g/mol. The molecule has 0 aliphatic heterocycles. The molecule has 0 aromatic carbocycles. The van der Waals surface area contributed by atoms with Gasteiger partial charge in [-0.15, -0.1) is 13.2 Å². The Morgan fingerprint density at radius 3 is 2.45 bits per heavy atom. The molecule has 3 nitrogen and oxygen atoms in total. The summed E-state index contributed by atoms with van der Waals surface area (Å²) in [4.78, 5) is 3.29. The van der Waals surface area contributed by atoms with E-state index in [0.29, 0.717) is 6.33 Å². The number of alkyl halides is 3. The molecule has 1 aromatic rings. The third kappa shape index (κ3) is 1.70. The molecular formula is C5H5F3N2O. The Labute approximate surface area is 60.1 Å². The quantitative estimate of drug-likeness (QED) is 0.671. The molecule has 0 saturated heterocycles. The van der Waals surface area contributed by atoms with Crippen LogP contribution in [0.25, 0.3) is 0 Å². The van der Waals surface area contributed by atoms with Gasteiger partial charge >= 0.3 is 6.30 Å². The van der Waals surface area contributed by atoms with Crippen molar-refractivity contribution in [3.05, 3.63) is 18.2 Å². The van der Waals surface area contributed by atoms with Crippen LogP contribution in [0.4, 0.5) is 13.2 Å². The number of aliphatic hydroxyl groups excluding tert-OH is 1. The van der Waals surface area contributed by atoms with Crippen molar-refractivity contribution in [2.45, 2.75) is 12.9 Å². The second kappa shape index (κ2) is 2.54. The molecule has 6 heteroatoms. The van der Waals surface area contributed by atoms with Gasteiger partial charge in [0, 0.05) is 6.20 Å². The fraction of sp³-hybridized carbons (Fsp3) is 0.400. The minimum atomic E-state index is -4.44. The summed E-state index contributed by atoms with van der Waals surface area (Å²) in [6, 6.07) is 0. The molecule has 0 bridgehead atoms. The van der Waals surface area contributed by atoms with Crippen LogP contribution in [0.1, 0.15) is 5.69 Å². The maximum atomic E-state index is 11.8. The fourth-order valence-electron chi connectivity index (χ4n) is 0.584. The van der Waals surface area contributed by atoms with Crippen LogP contribution in [-0.4, -0.2) is 14.7 Å². The predicted molar refractivity (Wildman–Crippen MR) is 29.4 cm³/mol. The number of aromatic nitrogens is 2. The molecule has 0 aliphatic carbocycles. The average molecular weight is 166 g/mol. The molecule has 0 aliphatic rings. The van der Waals surface area contributed by atoms with Gasteiger partial charge in [0.25, 0.3) is 0 Å². The van der Waals surface area contributed by atoms with E-state index >= 15 is 0 Å². The van der Waals surface area contributed by atoms with Crippen LogP contribution in [0.15, 0.2) is 12.5 Å². The lowest BCUT2D eigenvalue weighted by Gasteiger charge is -2.04. The SMILES string of the molecule is OCc1cn(C(F)(F)F)cn1. The van der Waals surface area contributed by atoms with Crippen LogP contribution in [-0.2, 0) is 12.9 Å². The van der Waals surface area contributed by atoms with Crippen molar-refractivity contribution in [2.24, 2.45) is 0 Å². The Kier molecular flexibility index (Phi) is 1.86. The van der Waals surface area contributed by atoms with E-state index in [9.17, 15) is 13.2 Å². The van der Waals surface area contributed by atoms with Crippen LogP contribution < -0.4 is 0 Å². The second-order valence-electron chi connectivity index (χ2n) is 1.90. The first kappa shape index (κ1) is 8.06. The summed E-state index contributed by atoms with van der Waals surface area (Å²) in [5.74, 6) is 0. The molecule has 0 amide bonds. The maximum absolute atomic E-state index is 11.8. The van der Waals surface area contributed by atoms with Gasteiger partial charge in [0.2, 0.25) is 0 Å². The van der Waals surface area contributed by atoms with E-state index < -0.39 is 12.9 Å². The minimum Gasteiger partial charge on any atom is -0.390 e. The Bertz CT molecular complexity index is 242. The van der Waals surface area contributed by atoms with Gasteiger partial charge in [0.15, 0.2) is 0 Å². The van der Waals surface area contributed by atoms with Crippen molar-refractivity contribution in [1.29, 1.82) is 0 Å². The molecule has 1 heterocycles. The first-order chi connectivity index (χ1) is 5.04. The summed E-state index contributed by atoms with van der Waals surface area (Å²) >= 11 is 0. The van der Waals surface area contributed by atoms with Crippen LogP contribution in [0.2, 0.25) is 0 Å². The largest absolute Gasteiger partial charge is 0.489 e. The zero-order valence-electron chi connectivity index (χ0n) is 5.34. The van der Waals surface area contributed by atoms with Crippen molar-refractivity contribution < 1.29 is 18.3 Å². The van der Waals surface area contributed by atoms with E-state index in [1.54, 1.807) is 0 Å². The van der Waals surface area contributed by atoms with Crippen molar-refractivity contribution >= 4 is 0 Å². The van der Waals surface area contributed by atoms with Crippen LogP contribution in [0, 0.1) is 0 Å². The fourth-order valence-corrected chi connectivity index (χ4v) is 0.584. The molecule has 0 fully saturated rings. The zero-order valence-corrected chi connectivity index (χ0v) is 5.34. The maximum Gasteiger partial charge on any atom is 0.489 e. The van der Waals surface area contributed by atoms with Gasteiger partial charge < -0.3 is 5.11 Å². The molecule has 0 radical (unpaired) electrons. The Morgan fingerprint density at radius 1 is 1.55 bits per heavy atom. The molecule has 1 N–H and O–H groups in total. The van der Waals surface area contributed by atoms with Gasteiger partial charge in [-0.3, -0.25) is 0 Å². The van der Waals surface area contributed by atoms with Gasteiger partial charge in [0.1, 0.15) is 6.33 Å². The van der Waals surface area contributed by atoms with Gasteiger partial charge in [-0.2, -0.15) is 0 Å². The highest BCUT2D eigenvalue weighted by Crippen LogP contribution is 2.21. The van der Waals surface area contributed by atoms with Crippen LogP contribution in [0.3, 0.4) is 0 Å². The van der Waals surface area contributed by atoms with E-state index in [2.05, 4.69) is 4.98 Å². The molecule has 0 saturated carbocycles. The first-order valence-electron chi connectivity index (χ1n) is 2.75. The lowest BCUT2D eigenvalue weighted by Crippen LogP contribution is -2.13. The van der Waals surface area contributed by atoms with E-state index in [-0.39, 0.29) is 10.3 Å². The van der Waals surface area contributed by atoms with Gasteiger partial charge in [-0.05, 0) is 0 Å². The van der Waals surface area contributed by atoms with Gasteiger partial charge in [-0.25, -0.2) is 9.55 Å². The van der Waals surface area contributed by atoms with Crippen molar-refractivity contribution in [3.8, 4) is 0 Å². The third-order valence-electron chi connectivity index (χ3n) is 1.09. The van der Waals surface area contributed by atoms with E-state index in [1.807, 2.05) is 0 Å². The van der Waals surface area contributed by atoms with E-state index in [1.165, 1.54) is 0 Å². The Hall–Kier alpha value is -1.04. The molecule has 11 heavy (non-hydrogen) atoms. The van der Waals surface area contributed by atoms with Gasteiger partial charge in [-0.1, -0.05) is 0 Å². The summed E-state index contributed by atoms with van der Waals surface area (Å²) in [5.41, 5.74) is 0.00215. The Balaban J connectivity index is 2.89. The average Bonchev–Trinajstić information content (AvgIpc) is 2.32. The molecule has 1 rings (SSSR count). The van der Waals surface area contributed by atoms with Crippen molar-refractivity contribution in [1.82, 2.24) is 9.55 Å². The molecule has 0 unspecified atom stereocenters. The topological polar surface area (TPSA) is 38.0 Å². The normalized spacial score (nSPS) is 12.0. The van der Waals surface area contributed by atoms with E-state index in [0.717, 1.165) is 6.20 Å². The molecular weight excluding hydrogens is 161 g/mol. The summed E-state index contributed by atoms with van der Waals surface area (Å²) in [6.45, 7) is -0.483. The molecule has 0 spiro atoms. The number of rotatable bonds is 1. The highest BCUT2D eigenvalue weighted by molar-refractivity contribution is 4.94. The molecule has 62 valence electrons. The second-order valence-corrected chi connectivity index (χ2v) is 1.90. The number of nitrogens with zero attached hydrogens (tertiary/aromatic N) is 2. The summed E-state index contributed by atoms with van der Waals surface area (Å²) < 4.78 is 35.3. The van der Waals surface area contributed by atoms with Crippen LogP contribution in [0.5, 0.6) is 0 Å². The third-order valence-corrected chi connectivity index (χ3v) is 1.09. The van der Waals surface area contributed by atoms with Gasteiger partial charge in [0.05, 0.1) is 12.3 Å². The minimum absolute atomic E-state index is 0.00215. The predicted octanol–water partition coefficient (Wildman–Crippen LogP) is 0.852. The summed E-state index contributed by atoms with van der Waals surface area (Å²) in [5, 5.41) is 8.37. The number of aliphatic hydroxyl groups is 1. The number of imidazole rings is 1. The number of hydrogen-bond donors (Lipinski definition) is 1. The van der Waals surface area contributed by atoms with Crippen molar-refractivity contribution in [2.75, 3.05) is 0 Å². The molecule has 1 aromatic heterocycles. The lowest BCUT2D eigenvalue weighted by atomic mass is 10.5. The highest BCUT2D eigenvalue weighted by atomic mass is 19.4. The standard InChI is InChI=1S/C5H5F3N2O/c6-5(7,8)10-1-4(2-11)9-3-10/h1,3,11H,2H2. The summed E-state index contributed by atoms with van der Waals surface area (Å²) in [7, 11) is 0. The van der Waals surface area contributed by atoms with Crippen LogP contribution >= 0.6 is 0 Å². The number of halogens is 3. The summed E-state index contributed by atoms with van der Waals surface area (Å²) in [6.07, 6.45) is -3.09.